The van der Waals surface area contributed by atoms with Gasteiger partial charge in [-0.1, -0.05) is 103 Å². The quantitative estimate of drug-likeness (QED) is 0.221. The van der Waals surface area contributed by atoms with Crippen LogP contribution < -0.4 is 5.32 Å². The second kappa shape index (κ2) is 22.9. The molecule has 0 aromatic rings. The van der Waals surface area contributed by atoms with E-state index in [2.05, 4.69) is 19.2 Å². The number of aliphatic hydroxyl groups is 1. The Kier molecular flexibility index (Phi) is 22.8. The zero-order valence-corrected chi connectivity index (χ0v) is 18.1. The highest BCUT2D eigenvalue weighted by Gasteiger charge is 2.00. The normalized spacial score (nSPS) is 12.6. The molecule has 3 nitrogen and oxygen atoms in total. The minimum Gasteiger partial charge on any atom is -0.394 e. The number of hydrogen-bond donors (Lipinski definition) is 2. The Morgan fingerprint density at radius 3 is 1.54 bits per heavy atom. The standard InChI is InChI=1S/C23H49NO2/c1-3-4-5-6-7-8-9-10-11-12-13-14-15-16-17-18-19-24-22-23(2)26-21-20-25/h23-25H,3-22H2,1-2H3. The van der Waals surface area contributed by atoms with E-state index in [-0.39, 0.29) is 12.7 Å². The molecule has 0 radical (unpaired) electrons. The summed E-state index contributed by atoms with van der Waals surface area (Å²) in [7, 11) is 0. The highest BCUT2D eigenvalue weighted by Crippen LogP contribution is 2.13. The van der Waals surface area contributed by atoms with Crippen molar-refractivity contribution in [3.05, 3.63) is 0 Å². The first-order chi connectivity index (χ1) is 12.8. The molecular formula is C23H49NO2. The highest BCUT2D eigenvalue weighted by molar-refractivity contribution is 4.56. The molecule has 0 aliphatic rings. The maximum absolute atomic E-state index is 8.70. The molecule has 0 aliphatic heterocycles. The zero-order valence-electron chi connectivity index (χ0n) is 18.1. The number of rotatable bonds is 22. The summed E-state index contributed by atoms with van der Waals surface area (Å²) < 4.78 is 5.41. The van der Waals surface area contributed by atoms with Crippen LogP contribution >= 0.6 is 0 Å². The van der Waals surface area contributed by atoms with Gasteiger partial charge in [0.15, 0.2) is 0 Å². The first-order valence-corrected chi connectivity index (χ1v) is 11.7. The Morgan fingerprint density at radius 1 is 0.692 bits per heavy atom. The summed E-state index contributed by atoms with van der Waals surface area (Å²) in [5.41, 5.74) is 0. The molecule has 3 heteroatoms. The number of unbranched alkanes of at least 4 members (excludes halogenated alkanes) is 15. The van der Waals surface area contributed by atoms with Crippen LogP contribution in [0.5, 0.6) is 0 Å². The Morgan fingerprint density at radius 2 is 1.12 bits per heavy atom. The molecule has 26 heavy (non-hydrogen) atoms. The molecule has 0 aromatic carbocycles. The van der Waals surface area contributed by atoms with Crippen molar-refractivity contribution >= 4 is 0 Å². The molecule has 2 N–H and O–H groups in total. The molecule has 158 valence electrons. The van der Waals surface area contributed by atoms with Gasteiger partial charge in [0, 0.05) is 6.54 Å². The minimum atomic E-state index is 0.115. The Bertz CT molecular complexity index is 248. The molecule has 1 atom stereocenters. The smallest absolute Gasteiger partial charge is 0.0701 e. The minimum absolute atomic E-state index is 0.115. The van der Waals surface area contributed by atoms with Crippen LogP contribution in [-0.2, 0) is 4.74 Å². The summed E-state index contributed by atoms with van der Waals surface area (Å²) in [5.74, 6) is 0. The van der Waals surface area contributed by atoms with E-state index >= 15 is 0 Å². The summed E-state index contributed by atoms with van der Waals surface area (Å²) in [6, 6.07) is 0. The lowest BCUT2D eigenvalue weighted by Gasteiger charge is -2.12. The van der Waals surface area contributed by atoms with Gasteiger partial charge in [-0.2, -0.15) is 0 Å². The zero-order chi connectivity index (χ0) is 19.1. The summed E-state index contributed by atoms with van der Waals surface area (Å²) in [5, 5.41) is 12.1. The topological polar surface area (TPSA) is 41.5 Å². The van der Waals surface area contributed by atoms with Crippen LogP contribution in [0.4, 0.5) is 0 Å². The van der Waals surface area contributed by atoms with E-state index < -0.39 is 0 Å². The number of nitrogens with one attached hydrogen (secondary N) is 1. The third kappa shape index (κ3) is 21.9. The Labute approximate surface area is 164 Å². The fourth-order valence-electron chi connectivity index (χ4n) is 3.42. The van der Waals surface area contributed by atoms with Crippen LogP contribution in [0.25, 0.3) is 0 Å². The van der Waals surface area contributed by atoms with Crippen LogP contribution in [0.15, 0.2) is 0 Å². The second-order valence-electron chi connectivity index (χ2n) is 7.91. The Balaban J connectivity index is 3.03. The molecule has 0 aromatic heterocycles. The first-order valence-electron chi connectivity index (χ1n) is 11.7. The lowest BCUT2D eigenvalue weighted by molar-refractivity contribution is 0.0395. The molecule has 0 spiro atoms. The third-order valence-corrected chi connectivity index (χ3v) is 5.13. The van der Waals surface area contributed by atoms with Crippen molar-refractivity contribution in [2.75, 3.05) is 26.3 Å². The average molecular weight is 372 g/mol. The second-order valence-corrected chi connectivity index (χ2v) is 7.91. The third-order valence-electron chi connectivity index (χ3n) is 5.13. The molecule has 0 aliphatic carbocycles. The predicted molar refractivity (Wildman–Crippen MR) is 115 cm³/mol. The van der Waals surface area contributed by atoms with Gasteiger partial charge in [0.1, 0.15) is 0 Å². The lowest BCUT2D eigenvalue weighted by Crippen LogP contribution is -2.28. The van der Waals surface area contributed by atoms with Gasteiger partial charge in [0.2, 0.25) is 0 Å². The van der Waals surface area contributed by atoms with Crippen molar-refractivity contribution < 1.29 is 9.84 Å². The van der Waals surface area contributed by atoms with E-state index in [4.69, 9.17) is 9.84 Å². The molecule has 0 rings (SSSR count). The molecule has 0 saturated heterocycles. The molecule has 0 bridgehead atoms. The van der Waals surface area contributed by atoms with Crippen LogP contribution in [0.3, 0.4) is 0 Å². The summed E-state index contributed by atoms with van der Waals surface area (Å²) in [6.07, 6.45) is 22.9. The first kappa shape index (κ1) is 25.9. The number of ether oxygens (including phenoxy) is 1. The average Bonchev–Trinajstić information content (AvgIpc) is 2.65. The molecule has 0 saturated carbocycles. The van der Waals surface area contributed by atoms with Crippen molar-refractivity contribution in [2.24, 2.45) is 0 Å². The van der Waals surface area contributed by atoms with Crippen LogP contribution in [0, 0.1) is 0 Å². The largest absolute Gasteiger partial charge is 0.394 e. The summed E-state index contributed by atoms with van der Waals surface area (Å²) in [6.45, 7) is 6.88. The predicted octanol–water partition coefficient (Wildman–Crippen LogP) is 6.23. The van der Waals surface area contributed by atoms with Gasteiger partial charge in [0.05, 0.1) is 19.3 Å². The van der Waals surface area contributed by atoms with Gasteiger partial charge in [-0.05, 0) is 19.9 Å². The van der Waals surface area contributed by atoms with Crippen molar-refractivity contribution in [3.8, 4) is 0 Å². The molecule has 0 heterocycles. The fraction of sp³-hybridized carbons (Fsp3) is 1.00. The van der Waals surface area contributed by atoms with E-state index in [1.807, 2.05) is 0 Å². The van der Waals surface area contributed by atoms with Crippen molar-refractivity contribution in [1.29, 1.82) is 0 Å². The van der Waals surface area contributed by atoms with Gasteiger partial charge in [0.25, 0.3) is 0 Å². The van der Waals surface area contributed by atoms with Gasteiger partial charge < -0.3 is 15.2 Å². The van der Waals surface area contributed by atoms with Crippen LogP contribution in [0.2, 0.25) is 0 Å². The molecule has 0 fully saturated rings. The van der Waals surface area contributed by atoms with Crippen LogP contribution in [-0.4, -0.2) is 37.5 Å². The maximum Gasteiger partial charge on any atom is 0.0701 e. The SMILES string of the molecule is CCCCCCCCCCCCCCCCCCNCC(C)OCCO. The van der Waals surface area contributed by atoms with Crippen molar-refractivity contribution in [2.45, 2.75) is 123 Å². The van der Waals surface area contributed by atoms with Gasteiger partial charge in [-0.3, -0.25) is 0 Å². The lowest BCUT2D eigenvalue weighted by atomic mass is 10.0. The molecular weight excluding hydrogens is 322 g/mol. The molecule has 1 unspecified atom stereocenters. The van der Waals surface area contributed by atoms with Gasteiger partial charge in [-0.15, -0.1) is 0 Å². The fourth-order valence-corrected chi connectivity index (χ4v) is 3.42. The highest BCUT2D eigenvalue weighted by atomic mass is 16.5. The monoisotopic (exact) mass is 371 g/mol. The Hall–Kier alpha value is -0.120. The number of hydrogen-bond acceptors (Lipinski definition) is 3. The van der Waals surface area contributed by atoms with E-state index in [0.29, 0.717) is 6.61 Å². The van der Waals surface area contributed by atoms with Crippen molar-refractivity contribution in [1.82, 2.24) is 5.32 Å². The molecule has 0 amide bonds. The van der Waals surface area contributed by atoms with Crippen molar-refractivity contribution in [3.63, 3.8) is 0 Å². The van der Waals surface area contributed by atoms with Crippen LogP contribution in [0.1, 0.15) is 117 Å². The van der Waals surface area contributed by atoms with E-state index in [9.17, 15) is 0 Å². The van der Waals surface area contributed by atoms with E-state index in [0.717, 1.165) is 13.1 Å². The maximum atomic E-state index is 8.70. The van der Waals surface area contributed by atoms with Gasteiger partial charge in [-0.25, -0.2) is 0 Å². The van der Waals surface area contributed by atoms with E-state index in [1.54, 1.807) is 0 Å². The van der Waals surface area contributed by atoms with E-state index in [1.165, 1.54) is 103 Å². The summed E-state index contributed by atoms with van der Waals surface area (Å²) in [4.78, 5) is 0. The van der Waals surface area contributed by atoms with Gasteiger partial charge >= 0.3 is 0 Å². The number of aliphatic hydroxyl groups excluding tert-OH is 1. The summed E-state index contributed by atoms with van der Waals surface area (Å²) >= 11 is 0.